The molecule has 31 heavy (non-hydrogen) atoms. The van der Waals surface area contributed by atoms with Crippen molar-refractivity contribution in [3.8, 4) is 17.0 Å². The van der Waals surface area contributed by atoms with Crippen LogP contribution in [0.2, 0.25) is 0 Å². The van der Waals surface area contributed by atoms with Crippen LogP contribution in [-0.4, -0.2) is 17.5 Å². The van der Waals surface area contributed by atoms with E-state index in [4.69, 9.17) is 4.74 Å². The van der Waals surface area contributed by atoms with Gasteiger partial charge in [-0.05, 0) is 55.0 Å². The van der Waals surface area contributed by atoms with Crippen LogP contribution in [0.3, 0.4) is 0 Å². The number of amides is 1. The zero-order chi connectivity index (χ0) is 22.1. The highest BCUT2D eigenvalue weighted by Crippen LogP contribution is 2.33. The average Bonchev–Trinajstić information content (AvgIpc) is 3.24. The van der Waals surface area contributed by atoms with E-state index in [1.807, 2.05) is 29.6 Å². The van der Waals surface area contributed by atoms with E-state index < -0.39 is 0 Å². The summed E-state index contributed by atoms with van der Waals surface area (Å²) in [5.74, 6) is 0.385. The molecule has 0 aliphatic carbocycles. The third-order valence-electron chi connectivity index (χ3n) is 5.00. The van der Waals surface area contributed by atoms with Crippen molar-refractivity contribution < 1.29 is 13.9 Å². The SMILES string of the molecule is CCCCCCCCOc1ccc(N(C(C)=O)c2nc(-c3ccc(F)cc3)cs2)cc1. The first-order chi connectivity index (χ1) is 15.1. The number of aromatic nitrogens is 1. The monoisotopic (exact) mass is 440 g/mol. The Morgan fingerprint density at radius 1 is 1.00 bits per heavy atom. The van der Waals surface area contributed by atoms with Crippen molar-refractivity contribution in [3.63, 3.8) is 0 Å². The molecule has 0 aliphatic rings. The first-order valence-corrected chi connectivity index (χ1v) is 11.7. The fourth-order valence-corrected chi connectivity index (χ4v) is 4.21. The first-order valence-electron chi connectivity index (χ1n) is 10.8. The molecule has 2 aromatic carbocycles. The molecule has 1 amide bonds. The van der Waals surface area contributed by atoms with E-state index in [0.29, 0.717) is 17.4 Å². The van der Waals surface area contributed by atoms with Gasteiger partial charge in [-0.15, -0.1) is 11.3 Å². The molecule has 0 atom stereocenters. The second kappa shape index (κ2) is 11.6. The van der Waals surface area contributed by atoms with Gasteiger partial charge in [-0.1, -0.05) is 39.0 Å². The average molecular weight is 441 g/mol. The molecule has 4 nitrogen and oxygen atoms in total. The van der Waals surface area contributed by atoms with Gasteiger partial charge in [0.1, 0.15) is 11.6 Å². The molecule has 0 spiro atoms. The highest BCUT2D eigenvalue weighted by molar-refractivity contribution is 7.14. The van der Waals surface area contributed by atoms with Crippen LogP contribution in [0.4, 0.5) is 15.2 Å². The molecule has 0 radical (unpaired) electrons. The third-order valence-corrected chi connectivity index (χ3v) is 5.83. The number of anilines is 2. The van der Waals surface area contributed by atoms with Crippen molar-refractivity contribution in [3.05, 3.63) is 59.7 Å². The van der Waals surface area contributed by atoms with Crippen LogP contribution >= 0.6 is 11.3 Å². The van der Waals surface area contributed by atoms with Gasteiger partial charge in [-0.25, -0.2) is 9.37 Å². The van der Waals surface area contributed by atoms with Crippen molar-refractivity contribution in [2.75, 3.05) is 11.5 Å². The molecular weight excluding hydrogens is 411 g/mol. The van der Waals surface area contributed by atoms with Gasteiger partial charge >= 0.3 is 0 Å². The number of carbonyl (C=O) groups excluding carboxylic acids is 1. The van der Waals surface area contributed by atoms with Gasteiger partial charge < -0.3 is 4.74 Å². The second-order valence-electron chi connectivity index (χ2n) is 7.49. The van der Waals surface area contributed by atoms with E-state index in [-0.39, 0.29) is 11.7 Å². The van der Waals surface area contributed by atoms with Crippen molar-refractivity contribution in [1.29, 1.82) is 0 Å². The maximum absolute atomic E-state index is 13.2. The largest absolute Gasteiger partial charge is 0.494 e. The molecule has 0 saturated carbocycles. The summed E-state index contributed by atoms with van der Waals surface area (Å²) in [6, 6.07) is 13.7. The predicted octanol–water partition coefficient (Wildman–Crippen LogP) is 7.37. The van der Waals surface area contributed by atoms with Gasteiger partial charge in [0.05, 0.1) is 18.0 Å². The fraction of sp³-hybridized carbons (Fsp3) is 0.360. The number of benzene rings is 2. The van der Waals surface area contributed by atoms with Crippen LogP contribution in [0.25, 0.3) is 11.3 Å². The molecule has 0 fully saturated rings. The van der Waals surface area contributed by atoms with E-state index in [1.165, 1.54) is 62.5 Å². The summed E-state index contributed by atoms with van der Waals surface area (Å²) in [4.78, 5) is 18.5. The Morgan fingerprint density at radius 2 is 1.68 bits per heavy atom. The maximum atomic E-state index is 13.2. The van der Waals surface area contributed by atoms with Crippen molar-refractivity contribution in [2.24, 2.45) is 0 Å². The molecule has 0 unspecified atom stereocenters. The van der Waals surface area contributed by atoms with Gasteiger partial charge in [-0.3, -0.25) is 9.69 Å². The number of unbranched alkanes of at least 4 members (excludes halogenated alkanes) is 5. The quantitative estimate of drug-likeness (QED) is 0.292. The molecule has 0 saturated heterocycles. The van der Waals surface area contributed by atoms with Crippen molar-refractivity contribution >= 4 is 28.1 Å². The van der Waals surface area contributed by atoms with E-state index in [0.717, 1.165) is 23.4 Å². The topological polar surface area (TPSA) is 42.4 Å². The van der Waals surface area contributed by atoms with Gasteiger partial charge in [0, 0.05) is 17.9 Å². The third kappa shape index (κ3) is 6.62. The Bertz CT molecular complexity index is 954. The van der Waals surface area contributed by atoms with Crippen LogP contribution in [-0.2, 0) is 4.79 Å². The first kappa shape index (κ1) is 22.9. The number of halogens is 1. The van der Waals surface area contributed by atoms with Crippen LogP contribution < -0.4 is 9.64 Å². The van der Waals surface area contributed by atoms with Crippen LogP contribution in [0.5, 0.6) is 5.75 Å². The minimum absolute atomic E-state index is 0.124. The molecule has 0 bridgehead atoms. The number of nitrogens with zero attached hydrogens (tertiary/aromatic N) is 2. The Labute approximate surface area is 187 Å². The lowest BCUT2D eigenvalue weighted by atomic mass is 10.1. The van der Waals surface area contributed by atoms with Gasteiger partial charge in [0.15, 0.2) is 5.13 Å². The highest BCUT2D eigenvalue weighted by atomic mass is 32.1. The number of hydrogen-bond donors (Lipinski definition) is 0. The van der Waals surface area contributed by atoms with E-state index in [2.05, 4.69) is 11.9 Å². The Balaban J connectivity index is 1.62. The lowest BCUT2D eigenvalue weighted by Gasteiger charge is -2.18. The Kier molecular flexibility index (Phi) is 8.59. The normalized spacial score (nSPS) is 10.8. The Morgan fingerprint density at radius 3 is 2.35 bits per heavy atom. The van der Waals surface area contributed by atoms with E-state index in [9.17, 15) is 9.18 Å². The smallest absolute Gasteiger partial charge is 0.230 e. The maximum Gasteiger partial charge on any atom is 0.230 e. The van der Waals surface area contributed by atoms with Crippen LogP contribution in [0.1, 0.15) is 52.4 Å². The number of carbonyl (C=O) groups is 1. The fourth-order valence-electron chi connectivity index (χ4n) is 3.31. The molecular formula is C25H29FN2O2S. The summed E-state index contributed by atoms with van der Waals surface area (Å²) >= 11 is 1.38. The summed E-state index contributed by atoms with van der Waals surface area (Å²) in [6.07, 6.45) is 7.37. The predicted molar refractivity (Wildman–Crippen MR) is 126 cm³/mol. The molecule has 6 heteroatoms. The molecule has 1 heterocycles. The zero-order valence-electron chi connectivity index (χ0n) is 18.1. The van der Waals surface area contributed by atoms with E-state index in [1.54, 1.807) is 17.0 Å². The van der Waals surface area contributed by atoms with Crippen LogP contribution in [0, 0.1) is 5.82 Å². The van der Waals surface area contributed by atoms with Gasteiger partial charge in [0.25, 0.3) is 0 Å². The zero-order valence-corrected chi connectivity index (χ0v) is 19.0. The number of rotatable bonds is 11. The molecule has 3 aromatic rings. The van der Waals surface area contributed by atoms with E-state index >= 15 is 0 Å². The minimum atomic E-state index is -0.289. The summed E-state index contributed by atoms with van der Waals surface area (Å²) < 4.78 is 19.0. The van der Waals surface area contributed by atoms with Gasteiger partial charge in [-0.2, -0.15) is 0 Å². The standard InChI is InChI=1S/C25H29FN2O2S/c1-3-4-5-6-7-8-17-30-23-15-13-22(14-16-23)28(19(2)29)25-27-24(18-31-25)20-9-11-21(26)12-10-20/h9-16,18H,3-8,17H2,1-2H3. The number of ether oxygens (including phenoxy) is 1. The molecule has 1 aromatic heterocycles. The summed E-state index contributed by atoms with van der Waals surface area (Å²) in [5.41, 5.74) is 2.26. The molecule has 164 valence electrons. The lowest BCUT2D eigenvalue weighted by Crippen LogP contribution is -2.22. The van der Waals surface area contributed by atoms with Crippen molar-refractivity contribution in [1.82, 2.24) is 4.98 Å². The number of thiazole rings is 1. The lowest BCUT2D eigenvalue weighted by molar-refractivity contribution is -0.115. The van der Waals surface area contributed by atoms with Crippen LogP contribution in [0.15, 0.2) is 53.9 Å². The van der Waals surface area contributed by atoms with Crippen molar-refractivity contribution in [2.45, 2.75) is 52.4 Å². The highest BCUT2D eigenvalue weighted by Gasteiger charge is 2.18. The molecule has 0 N–H and O–H groups in total. The Hall–Kier alpha value is -2.73. The number of hydrogen-bond acceptors (Lipinski definition) is 4. The molecule has 3 rings (SSSR count). The summed E-state index contributed by atoms with van der Waals surface area (Å²) in [7, 11) is 0. The summed E-state index contributed by atoms with van der Waals surface area (Å²) in [6.45, 7) is 4.44. The molecule has 0 aliphatic heterocycles. The minimum Gasteiger partial charge on any atom is -0.494 e. The second-order valence-corrected chi connectivity index (χ2v) is 8.32. The van der Waals surface area contributed by atoms with Gasteiger partial charge in [0.2, 0.25) is 5.91 Å². The summed E-state index contributed by atoms with van der Waals surface area (Å²) in [5, 5.41) is 2.45.